The maximum atomic E-state index is 12.4. The van der Waals surface area contributed by atoms with E-state index in [4.69, 9.17) is 11.6 Å². The van der Waals surface area contributed by atoms with E-state index in [0.29, 0.717) is 14.8 Å². The van der Waals surface area contributed by atoms with Crippen LogP contribution in [0.5, 0.6) is 0 Å². The van der Waals surface area contributed by atoms with Crippen LogP contribution in [0.1, 0.15) is 10.4 Å². The molecule has 0 bridgehead atoms. The third-order valence-corrected chi connectivity index (χ3v) is 3.14. The molecule has 100 valence electrons. The monoisotopic (exact) mass is 403 g/mol. The minimum atomic E-state index is -2.56. The van der Waals surface area contributed by atoms with Gasteiger partial charge in [-0.15, -0.1) is 0 Å². The SMILES string of the molecule is O=C(c1cc(Cl)cc(Br)c1)N(CCBr)CC(F)F. The van der Waals surface area contributed by atoms with Crippen molar-refractivity contribution in [2.24, 2.45) is 0 Å². The van der Waals surface area contributed by atoms with Crippen LogP contribution in [-0.4, -0.2) is 35.7 Å². The highest BCUT2D eigenvalue weighted by Gasteiger charge is 2.19. The van der Waals surface area contributed by atoms with Gasteiger partial charge in [-0.1, -0.05) is 43.5 Å². The third kappa shape index (κ3) is 4.82. The number of hydrogen-bond acceptors (Lipinski definition) is 1. The molecule has 2 nitrogen and oxygen atoms in total. The molecule has 0 saturated heterocycles. The van der Waals surface area contributed by atoms with Crippen LogP contribution in [0.3, 0.4) is 0 Å². The smallest absolute Gasteiger partial charge is 0.255 e. The minimum Gasteiger partial charge on any atom is -0.332 e. The molecular weight excluding hydrogens is 395 g/mol. The molecule has 0 radical (unpaired) electrons. The Labute approximate surface area is 126 Å². The number of hydrogen-bond donors (Lipinski definition) is 0. The first-order chi connectivity index (χ1) is 8.43. The maximum Gasteiger partial charge on any atom is 0.255 e. The van der Waals surface area contributed by atoms with Gasteiger partial charge < -0.3 is 4.90 Å². The summed E-state index contributed by atoms with van der Waals surface area (Å²) < 4.78 is 25.4. The number of rotatable bonds is 5. The Kier molecular flexibility index (Phi) is 6.52. The van der Waals surface area contributed by atoms with E-state index >= 15 is 0 Å². The lowest BCUT2D eigenvalue weighted by Gasteiger charge is -2.21. The van der Waals surface area contributed by atoms with Crippen molar-refractivity contribution in [1.82, 2.24) is 4.90 Å². The van der Waals surface area contributed by atoms with Crippen LogP contribution in [0.2, 0.25) is 5.02 Å². The highest BCUT2D eigenvalue weighted by Crippen LogP contribution is 2.21. The predicted octanol–water partition coefficient (Wildman–Crippen LogP) is 4.20. The van der Waals surface area contributed by atoms with Gasteiger partial charge in [0.2, 0.25) is 0 Å². The van der Waals surface area contributed by atoms with E-state index in [2.05, 4.69) is 31.9 Å². The average molecular weight is 405 g/mol. The predicted molar refractivity (Wildman–Crippen MR) is 74.9 cm³/mol. The van der Waals surface area contributed by atoms with E-state index in [1.54, 1.807) is 12.1 Å². The van der Waals surface area contributed by atoms with Gasteiger partial charge in [-0.2, -0.15) is 0 Å². The van der Waals surface area contributed by atoms with Gasteiger partial charge in [0.1, 0.15) is 0 Å². The van der Waals surface area contributed by atoms with Gasteiger partial charge in [0, 0.05) is 26.9 Å². The van der Waals surface area contributed by atoms with Crippen LogP contribution in [0.15, 0.2) is 22.7 Å². The number of nitrogens with zero attached hydrogens (tertiary/aromatic N) is 1. The number of carbonyl (C=O) groups is 1. The van der Waals surface area contributed by atoms with Gasteiger partial charge in [-0.25, -0.2) is 8.78 Å². The standard InChI is InChI=1S/C11H10Br2ClF2NO/c12-1-2-17(6-10(15)16)11(18)7-3-8(13)5-9(14)4-7/h3-5,10H,1-2,6H2. The Bertz CT molecular complexity index is 411. The Morgan fingerprint density at radius 3 is 2.56 bits per heavy atom. The molecule has 0 fully saturated rings. The number of carbonyl (C=O) groups excluding carboxylic acids is 1. The van der Waals surface area contributed by atoms with Crippen molar-refractivity contribution in [3.8, 4) is 0 Å². The molecule has 0 aliphatic rings. The van der Waals surface area contributed by atoms with E-state index in [1.807, 2.05) is 0 Å². The summed E-state index contributed by atoms with van der Waals surface area (Å²) in [6, 6.07) is 4.64. The van der Waals surface area contributed by atoms with Crippen molar-refractivity contribution in [2.75, 3.05) is 18.4 Å². The van der Waals surface area contributed by atoms with Gasteiger partial charge in [-0.05, 0) is 18.2 Å². The molecule has 7 heteroatoms. The van der Waals surface area contributed by atoms with Crippen molar-refractivity contribution in [3.63, 3.8) is 0 Å². The topological polar surface area (TPSA) is 20.3 Å². The summed E-state index contributed by atoms with van der Waals surface area (Å²) in [6.45, 7) is -0.373. The maximum absolute atomic E-state index is 12.4. The molecule has 0 aromatic heterocycles. The van der Waals surface area contributed by atoms with Gasteiger partial charge in [0.15, 0.2) is 0 Å². The van der Waals surface area contributed by atoms with Crippen molar-refractivity contribution < 1.29 is 13.6 Å². The fourth-order valence-corrected chi connectivity index (χ4v) is 2.69. The lowest BCUT2D eigenvalue weighted by Crippen LogP contribution is -2.36. The van der Waals surface area contributed by atoms with E-state index in [-0.39, 0.29) is 12.1 Å². The largest absolute Gasteiger partial charge is 0.332 e. The zero-order valence-electron chi connectivity index (χ0n) is 9.18. The third-order valence-electron chi connectivity index (χ3n) is 2.11. The quantitative estimate of drug-likeness (QED) is 0.673. The molecular formula is C11H10Br2ClF2NO. The Morgan fingerprint density at radius 2 is 2.06 bits per heavy atom. The summed E-state index contributed by atoms with van der Waals surface area (Å²) in [5.41, 5.74) is 0.288. The Hall–Kier alpha value is -0.200. The summed E-state index contributed by atoms with van der Waals surface area (Å²) in [4.78, 5) is 13.2. The van der Waals surface area contributed by atoms with Crippen LogP contribution >= 0.6 is 43.5 Å². The highest BCUT2D eigenvalue weighted by atomic mass is 79.9. The van der Waals surface area contributed by atoms with Gasteiger partial charge in [0.25, 0.3) is 12.3 Å². The lowest BCUT2D eigenvalue weighted by molar-refractivity contribution is 0.0572. The molecule has 0 saturated carbocycles. The fourth-order valence-electron chi connectivity index (χ4n) is 1.40. The summed E-state index contributed by atoms with van der Waals surface area (Å²) in [7, 11) is 0. The van der Waals surface area contributed by atoms with Crippen molar-refractivity contribution >= 4 is 49.4 Å². The molecule has 1 aromatic rings. The zero-order valence-corrected chi connectivity index (χ0v) is 13.1. The first-order valence-corrected chi connectivity index (χ1v) is 7.32. The average Bonchev–Trinajstić information content (AvgIpc) is 2.25. The van der Waals surface area contributed by atoms with Gasteiger partial charge >= 0.3 is 0 Å². The second-order valence-corrected chi connectivity index (χ2v) is 5.63. The Balaban J connectivity index is 2.93. The molecule has 1 amide bonds. The number of alkyl halides is 3. The molecule has 0 aliphatic carbocycles. The Morgan fingerprint density at radius 1 is 1.39 bits per heavy atom. The molecule has 0 atom stereocenters. The summed E-state index contributed by atoms with van der Waals surface area (Å²) in [5, 5.41) is 0.816. The van der Waals surface area contributed by atoms with Gasteiger partial charge in [-0.3, -0.25) is 4.79 Å². The molecule has 0 spiro atoms. The summed E-state index contributed by atoms with van der Waals surface area (Å²) in [6.07, 6.45) is -2.56. The molecule has 1 aromatic carbocycles. The van der Waals surface area contributed by atoms with Crippen LogP contribution < -0.4 is 0 Å². The normalized spacial score (nSPS) is 10.8. The zero-order chi connectivity index (χ0) is 13.7. The lowest BCUT2D eigenvalue weighted by atomic mass is 10.2. The number of amides is 1. The molecule has 0 aliphatic heterocycles. The second kappa shape index (κ2) is 7.40. The van der Waals surface area contributed by atoms with Crippen molar-refractivity contribution in [2.45, 2.75) is 6.43 Å². The van der Waals surface area contributed by atoms with E-state index in [0.717, 1.165) is 4.90 Å². The van der Waals surface area contributed by atoms with E-state index in [9.17, 15) is 13.6 Å². The first-order valence-electron chi connectivity index (χ1n) is 5.03. The molecule has 0 unspecified atom stereocenters. The first kappa shape index (κ1) is 15.9. The highest BCUT2D eigenvalue weighted by molar-refractivity contribution is 9.10. The number of benzene rings is 1. The molecule has 1 rings (SSSR count). The molecule has 0 heterocycles. The van der Waals surface area contributed by atoms with Crippen molar-refractivity contribution in [3.05, 3.63) is 33.3 Å². The molecule has 0 N–H and O–H groups in total. The fraction of sp³-hybridized carbons (Fsp3) is 0.364. The van der Waals surface area contributed by atoms with Gasteiger partial charge in [0.05, 0.1) is 6.54 Å². The van der Waals surface area contributed by atoms with Crippen LogP contribution in [0.4, 0.5) is 8.78 Å². The minimum absolute atomic E-state index is 0.216. The molecule has 18 heavy (non-hydrogen) atoms. The van der Waals surface area contributed by atoms with E-state index in [1.165, 1.54) is 6.07 Å². The summed E-state index contributed by atoms with van der Waals surface area (Å²) >= 11 is 12.2. The second-order valence-electron chi connectivity index (χ2n) is 3.49. The summed E-state index contributed by atoms with van der Waals surface area (Å²) in [5.74, 6) is -0.460. The number of halogens is 5. The van der Waals surface area contributed by atoms with E-state index < -0.39 is 18.9 Å². The van der Waals surface area contributed by atoms with Crippen molar-refractivity contribution in [1.29, 1.82) is 0 Å². The van der Waals surface area contributed by atoms with Crippen LogP contribution in [0, 0.1) is 0 Å². The van der Waals surface area contributed by atoms with Crippen LogP contribution in [-0.2, 0) is 0 Å². The van der Waals surface area contributed by atoms with Crippen LogP contribution in [0.25, 0.3) is 0 Å².